The molecule has 0 fully saturated rings. The molecule has 0 amide bonds. The van der Waals surface area contributed by atoms with Crippen molar-refractivity contribution in [2.75, 3.05) is 11.9 Å². The zero-order valence-corrected chi connectivity index (χ0v) is 24.9. The van der Waals surface area contributed by atoms with E-state index in [-0.39, 0.29) is 27.5 Å². The summed E-state index contributed by atoms with van der Waals surface area (Å²) in [6, 6.07) is 26.7. The lowest BCUT2D eigenvalue weighted by Gasteiger charge is -2.37. The zero-order valence-electron chi connectivity index (χ0n) is 23.3. The van der Waals surface area contributed by atoms with Crippen LogP contribution in [-0.4, -0.2) is 21.2 Å². The first kappa shape index (κ1) is 28.1. The van der Waals surface area contributed by atoms with Gasteiger partial charge in [-0.25, -0.2) is 0 Å². The summed E-state index contributed by atoms with van der Waals surface area (Å²) in [6.45, 7) is 3.99. The topological polar surface area (TPSA) is 77.0 Å². The number of nitrogens with one attached hydrogen (secondary N) is 1. The largest absolute Gasteiger partial charge is 0.490 e. The SMILES string of the molecule is CCOc1cc(C=Nc2ccc([C@@H]3Nc4ccccc4[C@H]4C=CC[C@@H]43)cc2)cc(Cl)c1OS(=O)(=O)c1ccc(C)cc1. The standard InChI is InChI=1S/C34H31ClN2O4S/c1-3-40-32-20-23(19-30(35)34(32)41-42(38,39)26-17-11-22(2)12-18-26)21-36-25-15-13-24(14-16-25)33-29-9-6-8-27(29)28-7-4-5-10-31(28)37-33/h4-8,10-21,27,29,33,37H,3,9H2,1-2H3/t27-,29+,33+/m1/s1. The number of halogens is 1. The Morgan fingerprint density at radius 1 is 1.02 bits per heavy atom. The lowest BCUT2D eigenvalue weighted by molar-refractivity contribution is 0.327. The van der Waals surface area contributed by atoms with Crippen molar-refractivity contribution in [3.63, 3.8) is 0 Å². The van der Waals surface area contributed by atoms with E-state index in [4.69, 9.17) is 20.5 Å². The van der Waals surface area contributed by atoms with Gasteiger partial charge in [0, 0.05) is 17.8 Å². The molecule has 6 rings (SSSR count). The molecular formula is C34H31ClN2O4S. The lowest BCUT2D eigenvalue weighted by atomic mass is 9.77. The summed E-state index contributed by atoms with van der Waals surface area (Å²) in [6.07, 6.45) is 7.35. The Morgan fingerprint density at radius 3 is 2.55 bits per heavy atom. The summed E-state index contributed by atoms with van der Waals surface area (Å²) in [5.74, 6) is 1.07. The summed E-state index contributed by atoms with van der Waals surface area (Å²) in [5, 5.41) is 3.87. The van der Waals surface area contributed by atoms with E-state index >= 15 is 0 Å². The molecule has 6 nitrogen and oxygen atoms in total. The number of benzene rings is 4. The second kappa shape index (κ2) is 11.7. The number of fused-ring (bicyclic) bond motifs is 3. The molecule has 0 saturated carbocycles. The van der Waals surface area contributed by atoms with Crippen molar-refractivity contribution in [2.24, 2.45) is 10.9 Å². The maximum Gasteiger partial charge on any atom is 0.339 e. The molecule has 0 saturated heterocycles. The minimum Gasteiger partial charge on any atom is -0.490 e. The van der Waals surface area contributed by atoms with Gasteiger partial charge in [-0.05, 0) is 85.3 Å². The Hall–Kier alpha value is -4.07. The Bertz CT molecular complexity index is 1770. The number of ether oxygens (including phenoxy) is 1. The number of anilines is 1. The van der Waals surface area contributed by atoms with Gasteiger partial charge in [0.2, 0.25) is 5.75 Å². The molecular weight excluding hydrogens is 568 g/mol. The number of rotatable bonds is 8. The molecule has 42 heavy (non-hydrogen) atoms. The summed E-state index contributed by atoms with van der Waals surface area (Å²) >= 11 is 6.51. The number of nitrogens with zero attached hydrogens (tertiary/aromatic N) is 1. The Balaban J connectivity index is 1.21. The number of allylic oxidation sites excluding steroid dienone is 2. The molecule has 0 bridgehead atoms. The smallest absolute Gasteiger partial charge is 0.339 e. The summed E-state index contributed by atoms with van der Waals surface area (Å²) < 4.78 is 37.0. The molecule has 0 aromatic heterocycles. The molecule has 8 heteroatoms. The van der Waals surface area contributed by atoms with Crippen molar-refractivity contribution in [3.05, 3.63) is 124 Å². The van der Waals surface area contributed by atoms with E-state index in [1.165, 1.54) is 28.9 Å². The molecule has 1 aliphatic carbocycles. The highest BCUT2D eigenvalue weighted by atomic mass is 35.5. The minimum absolute atomic E-state index is 0.0352. The molecule has 0 unspecified atom stereocenters. The van der Waals surface area contributed by atoms with Gasteiger partial charge in [-0.3, -0.25) is 4.99 Å². The zero-order chi connectivity index (χ0) is 29.3. The van der Waals surface area contributed by atoms with Gasteiger partial charge < -0.3 is 14.2 Å². The summed E-state index contributed by atoms with van der Waals surface area (Å²) in [7, 11) is -4.10. The first-order valence-corrected chi connectivity index (χ1v) is 15.7. The number of hydrogen-bond donors (Lipinski definition) is 1. The van der Waals surface area contributed by atoms with Crippen LogP contribution in [0.2, 0.25) is 5.02 Å². The van der Waals surface area contributed by atoms with Gasteiger partial charge in [0.05, 0.1) is 23.4 Å². The molecule has 1 N–H and O–H groups in total. The predicted molar refractivity (Wildman–Crippen MR) is 168 cm³/mol. The highest BCUT2D eigenvalue weighted by Gasteiger charge is 2.37. The monoisotopic (exact) mass is 598 g/mol. The molecule has 3 atom stereocenters. The van der Waals surface area contributed by atoms with Gasteiger partial charge >= 0.3 is 10.1 Å². The normalized spacial score (nSPS) is 19.3. The van der Waals surface area contributed by atoms with E-state index in [9.17, 15) is 8.42 Å². The second-order valence-electron chi connectivity index (χ2n) is 10.5. The summed E-state index contributed by atoms with van der Waals surface area (Å²) in [5.41, 5.74) is 6.16. The number of para-hydroxylation sites is 1. The minimum atomic E-state index is -4.10. The highest BCUT2D eigenvalue weighted by molar-refractivity contribution is 7.87. The van der Waals surface area contributed by atoms with Crippen LogP contribution in [0, 0.1) is 12.8 Å². The fourth-order valence-corrected chi connectivity index (χ4v) is 6.92. The third-order valence-electron chi connectivity index (χ3n) is 7.72. The predicted octanol–water partition coefficient (Wildman–Crippen LogP) is 8.39. The maximum absolute atomic E-state index is 12.9. The van der Waals surface area contributed by atoms with Crippen molar-refractivity contribution >= 4 is 39.3 Å². The van der Waals surface area contributed by atoms with Crippen LogP contribution in [0.1, 0.15) is 47.6 Å². The van der Waals surface area contributed by atoms with Crippen LogP contribution in [0.4, 0.5) is 11.4 Å². The van der Waals surface area contributed by atoms with Crippen LogP contribution < -0.4 is 14.2 Å². The van der Waals surface area contributed by atoms with Gasteiger partial charge in [0.15, 0.2) is 5.75 Å². The van der Waals surface area contributed by atoms with Crippen LogP contribution in [-0.2, 0) is 10.1 Å². The second-order valence-corrected chi connectivity index (χ2v) is 12.5. The van der Waals surface area contributed by atoms with Gasteiger partial charge in [0.1, 0.15) is 4.90 Å². The fourth-order valence-electron chi connectivity index (χ4n) is 5.66. The van der Waals surface area contributed by atoms with Crippen LogP contribution in [0.5, 0.6) is 11.5 Å². The van der Waals surface area contributed by atoms with Gasteiger partial charge in [-0.15, -0.1) is 0 Å². The average Bonchev–Trinajstić information content (AvgIpc) is 3.49. The van der Waals surface area contributed by atoms with E-state index in [0.717, 1.165) is 17.7 Å². The fraction of sp³-hybridized carbons (Fsp3) is 0.206. The molecule has 214 valence electrons. The number of aryl methyl sites for hydroxylation is 1. The van der Waals surface area contributed by atoms with E-state index in [1.807, 2.05) is 19.1 Å². The molecule has 1 aliphatic heterocycles. The van der Waals surface area contributed by atoms with Gasteiger partial charge in [0.25, 0.3) is 0 Å². The van der Waals surface area contributed by atoms with Crippen molar-refractivity contribution < 1.29 is 17.3 Å². The van der Waals surface area contributed by atoms with Crippen LogP contribution in [0.3, 0.4) is 0 Å². The number of aliphatic imine (C=N–C) groups is 1. The Morgan fingerprint density at radius 2 is 1.79 bits per heavy atom. The third-order valence-corrected chi connectivity index (χ3v) is 9.24. The van der Waals surface area contributed by atoms with Crippen LogP contribution in [0.15, 0.2) is 107 Å². The quantitative estimate of drug-likeness (QED) is 0.125. The van der Waals surface area contributed by atoms with Crippen molar-refractivity contribution in [2.45, 2.75) is 37.1 Å². The lowest BCUT2D eigenvalue weighted by Crippen LogP contribution is -2.28. The highest BCUT2D eigenvalue weighted by Crippen LogP contribution is 2.49. The average molecular weight is 599 g/mol. The first-order chi connectivity index (χ1) is 20.3. The van der Waals surface area contributed by atoms with Crippen LogP contribution in [0.25, 0.3) is 0 Å². The third kappa shape index (κ3) is 5.67. The van der Waals surface area contributed by atoms with Crippen molar-refractivity contribution in [1.29, 1.82) is 0 Å². The van der Waals surface area contributed by atoms with Crippen molar-refractivity contribution in [1.82, 2.24) is 0 Å². The molecule has 4 aromatic carbocycles. The van der Waals surface area contributed by atoms with E-state index < -0.39 is 10.1 Å². The van der Waals surface area contributed by atoms with Crippen molar-refractivity contribution in [3.8, 4) is 11.5 Å². The van der Waals surface area contributed by atoms with Gasteiger partial charge in [-0.1, -0.05) is 71.8 Å². The Kier molecular flexibility index (Phi) is 7.80. The summed E-state index contributed by atoms with van der Waals surface area (Å²) in [4.78, 5) is 4.67. The molecule has 0 radical (unpaired) electrons. The first-order valence-electron chi connectivity index (χ1n) is 14.0. The van der Waals surface area contributed by atoms with E-state index in [1.54, 1.807) is 37.4 Å². The maximum atomic E-state index is 12.9. The number of hydrogen-bond acceptors (Lipinski definition) is 6. The molecule has 2 aliphatic rings. The molecule has 4 aromatic rings. The molecule has 0 spiro atoms. The Labute approximate surface area is 251 Å². The van der Waals surface area contributed by atoms with E-state index in [0.29, 0.717) is 24.0 Å². The van der Waals surface area contributed by atoms with E-state index in [2.05, 4.69) is 58.9 Å². The van der Waals surface area contributed by atoms with Gasteiger partial charge in [-0.2, -0.15) is 8.42 Å². The van der Waals surface area contributed by atoms with Crippen LogP contribution >= 0.6 is 11.6 Å². The molecule has 1 heterocycles.